The molecule has 1 aliphatic rings. The van der Waals surface area contributed by atoms with E-state index >= 15 is 0 Å². The van der Waals surface area contributed by atoms with E-state index in [9.17, 15) is 23.9 Å². The highest BCUT2D eigenvalue weighted by atomic mass is 19.1. The van der Waals surface area contributed by atoms with Crippen LogP contribution >= 0.6 is 0 Å². The number of carbonyl (C=O) groups is 3. The van der Waals surface area contributed by atoms with Crippen LogP contribution in [0.15, 0.2) is 30.4 Å². The monoisotopic (exact) mass is 320 g/mol. The SMILES string of the molecule is CC(=O)Nc1ccc(F)c(NC(=O)[C@H]2CC=CC[C@H]2C(=O)O)c1. The zero-order valence-corrected chi connectivity index (χ0v) is 12.5. The Kier molecular flexibility index (Phi) is 5.10. The number of rotatable bonds is 4. The maximum atomic E-state index is 13.8. The van der Waals surface area contributed by atoms with Gasteiger partial charge in [-0.2, -0.15) is 0 Å². The van der Waals surface area contributed by atoms with Crippen LogP contribution in [0, 0.1) is 17.7 Å². The van der Waals surface area contributed by atoms with Crippen molar-refractivity contribution in [3.63, 3.8) is 0 Å². The van der Waals surface area contributed by atoms with Gasteiger partial charge in [-0.1, -0.05) is 12.2 Å². The molecule has 23 heavy (non-hydrogen) atoms. The van der Waals surface area contributed by atoms with Crippen molar-refractivity contribution in [2.45, 2.75) is 19.8 Å². The molecule has 1 aliphatic carbocycles. The third kappa shape index (κ3) is 4.15. The number of allylic oxidation sites excluding steroid dienone is 2. The number of hydrogen-bond acceptors (Lipinski definition) is 3. The van der Waals surface area contributed by atoms with Crippen molar-refractivity contribution < 1.29 is 23.9 Å². The van der Waals surface area contributed by atoms with Crippen molar-refractivity contribution in [3.05, 3.63) is 36.2 Å². The van der Waals surface area contributed by atoms with Crippen LogP contribution in [-0.4, -0.2) is 22.9 Å². The lowest BCUT2D eigenvalue weighted by atomic mass is 9.82. The fraction of sp³-hybridized carbons (Fsp3) is 0.312. The minimum absolute atomic E-state index is 0.0973. The summed E-state index contributed by atoms with van der Waals surface area (Å²) in [7, 11) is 0. The lowest BCUT2D eigenvalue weighted by molar-refractivity contribution is -0.146. The van der Waals surface area contributed by atoms with E-state index < -0.39 is 29.5 Å². The molecular formula is C16H17FN2O4. The van der Waals surface area contributed by atoms with Crippen molar-refractivity contribution in [2.24, 2.45) is 11.8 Å². The molecule has 0 aromatic heterocycles. The van der Waals surface area contributed by atoms with Crippen LogP contribution in [0.5, 0.6) is 0 Å². The second-order valence-corrected chi connectivity index (χ2v) is 5.36. The summed E-state index contributed by atoms with van der Waals surface area (Å²) in [5.41, 5.74) is 0.243. The summed E-state index contributed by atoms with van der Waals surface area (Å²) >= 11 is 0. The summed E-state index contributed by atoms with van der Waals surface area (Å²) in [5.74, 6) is -4.19. The smallest absolute Gasteiger partial charge is 0.307 e. The highest BCUT2D eigenvalue weighted by molar-refractivity contribution is 5.96. The number of amides is 2. The quantitative estimate of drug-likeness (QED) is 0.742. The number of carboxylic acid groups (broad SMARTS) is 1. The second-order valence-electron chi connectivity index (χ2n) is 5.36. The van der Waals surface area contributed by atoms with E-state index in [2.05, 4.69) is 10.6 Å². The zero-order valence-electron chi connectivity index (χ0n) is 12.5. The third-order valence-electron chi connectivity index (χ3n) is 3.63. The van der Waals surface area contributed by atoms with Gasteiger partial charge in [0.25, 0.3) is 0 Å². The normalized spacial score (nSPS) is 19.9. The van der Waals surface area contributed by atoms with Gasteiger partial charge in [-0.05, 0) is 31.0 Å². The Morgan fingerprint density at radius 2 is 1.78 bits per heavy atom. The minimum Gasteiger partial charge on any atom is -0.481 e. The molecule has 122 valence electrons. The molecule has 0 fully saturated rings. The van der Waals surface area contributed by atoms with Crippen molar-refractivity contribution in [2.75, 3.05) is 10.6 Å². The summed E-state index contributed by atoms with van der Waals surface area (Å²) < 4.78 is 13.8. The van der Waals surface area contributed by atoms with E-state index in [-0.39, 0.29) is 24.4 Å². The van der Waals surface area contributed by atoms with Gasteiger partial charge < -0.3 is 15.7 Å². The first-order valence-electron chi connectivity index (χ1n) is 7.14. The van der Waals surface area contributed by atoms with Crippen LogP contribution in [0.25, 0.3) is 0 Å². The van der Waals surface area contributed by atoms with Crippen molar-refractivity contribution in [1.82, 2.24) is 0 Å². The van der Waals surface area contributed by atoms with Gasteiger partial charge in [-0.25, -0.2) is 4.39 Å². The van der Waals surface area contributed by atoms with E-state index in [4.69, 9.17) is 0 Å². The fourth-order valence-corrected chi connectivity index (χ4v) is 2.50. The molecule has 1 aromatic carbocycles. The van der Waals surface area contributed by atoms with Gasteiger partial charge in [0, 0.05) is 12.6 Å². The third-order valence-corrected chi connectivity index (χ3v) is 3.63. The molecule has 0 radical (unpaired) electrons. The maximum absolute atomic E-state index is 13.8. The van der Waals surface area contributed by atoms with Crippen LogP contribution < -0.4 is 10.6 Å². The molecule has 0 heterocycles. The van der Waals surface area contributed by atoms with Crippen molar-refractivity contribution >= 4 is 29.2 Å². The summed E-state index contributed by atoms with van der Waals surface area (Å²) in [4.78, 5) is 34.6. The van der Waals surface area contributed by atoms with E-state index in [1.165, 1.54) is 19.1 Å². The highest BCUT2D eigenvalue weighted by Gasteiger charge is 2.34. The lowest BCUT2D eigenvalue weighted by Gasteiger charge is -2.24. The number of anilines is 2. The molecule has 0 saturated heterocycles. The van der Waals surface area contributed by atoms with Gasteiger partial charge in [0.15, 0.2) is 0 Å². The number of carboxylic acids is 1. The van der Waals surface area contributed by atoms with Crippen molar-refractivity contribution in [1.29, 1.82) is 0 Å². The molecule has 3 N–H and O–H groups in total. The fourth-order valence-electron chi connectivity index (χ4n) is 2.50. The lowest BCUT2D eigenvalue weighted by Crippen LogP contribution is -2.34. The van der Waals surface area contributed by atoms with Crippen LogP contribution in [0.2, 0.25) is 0 Å². The van der Waals surface area contributed by atoms with Crippen LogP contribution in [0.4, 0.5) is 15.8 Å². The molecule has 0 unspecified atom stereocenters. The van der Waals surface area contributed by atoms with Gasteiger partial charge in [-0.15, -0.1) is 0 Å². The highest BCUT2D eigenvalue weighted by Crippen LogP contribution is 2.28. The molecule has 0 saturated carbocycles. The van der Waals surface area contributed by atoms with Gasteiger partial charge in [0.05, 0.1) is 17.5 Å². The first kappa shape index (κ1) is 16.7. The number of halogens is 1. The Bertz CT molecular complexity index is 672. The molecule has 2 amide bonds. The van der Waals surface area contributed by atoms with Gasteiger partial charge in [-0.3, -0.25) is 14.4 Å². The number of hydrogen-bond donors (Lipinski definition) is 3. The first-order chi connectivity index (χ1) is 10.9. The maximum Gasteiger partial charge on any atom is 0.307 e. The Morgan fingerprint density at radius 3 is 2.39 bits per heavy atom. The molecule has 6 nitrogen and oxygen atoms in total. The van der Waals surface area contributed by atoms with E-state index in [0.717, 1.165) is 6.07 Å². The van der Waals surface area contributed by atoms with E-state index in [0.29, 0.717) is 5.69 Å². The molecule has 0 bridgehead atoms. The van der Waals surface area contributed by atoms with E-state index in [1.54, 1.807) is 12.2 Å². The molecule has 0 spiro atoms. The topological polar surface area (TPSA) is 95.5 Å². The standard InChI is InChI=1S/C16H17FN2O4/c1-9(20)18-10-6-7-13(17)14(8-10)19-15(21)11-4-2-3-5-12(11)16(22)23/h2-3,6-8,11-12H,4-5H2,1H3,(H,18,20)(H,19,21)(H,22,23)/t11-,12+/m0/s1. The molecule has 2 atom stereocenters. The number of carbonyl (C=O) groups excluding carboxylic acids is 2. The molecule has 2 rings (SSSR count). The zero-order chi connectivity index (χ0) is 17.0. The van der Waals surface area contributed by atoms with Gasteiger partial charge >= 0.3 is 5.97 Å². The van der Waals surface area contributed by atoms with Crippen LogP contribution in [0.1, 0.15) is 19.8 Å². The van der Waals surface area contributed by atoms with Gasteiger partial charge in [0.1, 0.15) is 5.82 Å². The molecule has 7 heteroatoms. The summed E-state index contributed by atoms with van der Waals surface area (Å²) in [6, 6.07) is 3.79. The average Bonchev–Trinajstić information content (AvgIpc) is 2.50. The second kappa shape index (κ2) is 7.04. The molecular weight excluding hydrogens is 303 g/mol. The number of benzene rings is 1. The molecule has 0 aliphatic heterocycles. The largest absolute Gasteiger partial charge is 0.481 e. The predicted octanol–water partition coefficient (Wildman–Crippen LogP) is 2.39. The average molecular weight is 320 g/mol. The van der Waals surface area contributed by atoms with Crippen LogP contribution in [-0.2, 0) is 14.4 Å². The van der Waals surface area contributed by atoms with Gasteiger partial charge in [0.2, 0.25) is 11.8 Å². The Morgan fingerprint density at radius 1 is 1.13 bits per heavy atom. The summed E-state index contributed by atoms with van der Waals surface area (Å²) in [6.45, 7) is 1.31. The molecule has 1 aromatic rings. The number of aliphatic carboxylic acids is 1. The summed E-state index contributed by atoms with van der Waals surface area (Å²) in [5, 5.41) is 14.1. The van der Waals surface area contributed by atoms with Crippen LogP contribution in [0.3, 0.4) is 0 Å². The number of nitrogens with one attached hydrogen (secondary N) is 2. The summed E-state index contributed by atoms with van der Waals surface area (Å²) in [6.07, 6.45) is 4.02. The Balaban J connectivity index is 2.17. The Hall–Kier alpha value is -2.70. The predicted molar refractivity (Wildman–Crippen MR) is 82.3 cm³/mol. The van der Waals surface area contributed by atoms with Crippen molar-refractivity contribution in [3.8, 4) is 0 Å². The minimum atomic E-state index is -1.05. The Labute approximate surface area is 132 Å². The van der Waals surface area contributed by atoms with E-state index in [1.807, 2.05) is 0 Å². The first-order valence-corrected chi connectivity index (χ1v) is 7.14.